The van der Waals surface area contributed by atoms with Gasteiger partial charge in [0.25, 0.3) is 5.91 Å². The Morgan fingerprint density at radius 2 is 2.15 bits per heavy atom. The van der Waals surface area contributed by atoms with Crippen LogP contribution in [0.25, 0.3) is 9.88 Å². The van der Waals surface area contributed by atoms with Crippen molar-refractivity contribution in [2.45, 2.75) is 12.5 Å². The van der Waals surface area contributed by atoms with Gasteiger partial charge < -0.3 is 10.1 Å². The van der Waals surface area contributed by atoms with Crippen molar-refractivity contribution < 1.29 is 14.3 Å². The van der Waals surface area contributed by atoms with E-state index in [9.17, 15) is 9.59 Å². The second-order valence-electron chi connectivity index (χ2n) is 5.37. The lowest BCUT2D eigenvalue weighted by molar-refractivity contribution is -0.141. The van der Waals surface area contributed by atoms with Gasteiger partial charge in [-0.2, -0.15) is 0 Å². The number of carbonyl (C=O) groups is 2. The predicted octanol–water partition coefficient (Wildman–Crippen LogP) is 4.67. The molecule has 3 rings (SSSR count). The van der Waals surface area contributed by atoms with Crippen molar-refractivity contribution in [1.82, 2.24) is 10.3 Å². The van der Waals surface area contributed by atoms with E-state index in [1.807, 2.05) is 41.8 Å². The van der Waals surface area contributed by atoms with Crippen LogP contribution in [0.4, 0.5) is 0 Å². The van der Waals surface area contributed by atoms with Gasteiger partial charge >= 0.3 is 5.97 Å². The summed E-state index contributed by atoms with van der Waals surface area (Å²) in [6.45, 7) is 0. The fraction of sp³-hybridized carbons (Fsp3) is 0.167. The van der Waals surface area contributed by atoms with Gasteiger partial charge in [0.2, 0.25) is 0 Å². The third kappa shape index (κ3) is 4.57. The van der Waals surface area contributed by atoms with Gasteiger partial charge in [0.05, 0.1) is 30.6 Å². The minimum atomic E-state index is -0.486. The van der Waals surface area contributed by atoms with Gasteiger partial charge in [0.1, 0.15) is 9.88 Å². The van der Waals surface area contributed by atoms with E-state index in [4.69, 9.17) is 4.74 Å². The molecule has 2 aromatic heterocycles. The van der Waals surface area contributed by atoms with Crippen LogP contribution >= 0.6 is 38.6 Å². The Hall–Kier alpha value is -2.03. The number of halogens is 1. The highest BCUT2D eigenvalue weighted by atomic mass is 79.9. The summed E-state index contributed by atoms with van der Waals surface area (Å²) in [7, 11) is 1.33. The van der Waals surface area contributed by atoms with Crippen LogP contribution in [0, 0.1) is 0 Å². The summed E-state index contributed by atoms with van der Waals surface area (Å²) in [5.74, 6) is -0.655. The molecule has 1 aromatic carbocycles. The minimum absolute atomic E-state index is 0.0509. The zero-order valence-electron chi connectivity index (χ0n) is 13.8. The Morgan fingerprint density at radius 1 is 1.31 bits per heavy atom. The highest BCUT2D eigenvalue weighted by Crippen LogP contribution is 2.29. The number of benzene rings is 1. The molecule has 0 spiro atoms. The highest BCUT2D eigenvalue weighted by molar-refractivity contribution is 9.10. The van der Waals surface area contributed by atoms with E-state index in [0.717, 1.165) is 19.9 Å². The number of hydrogen-bond acceptors (Lipinski definition) is 6. The Labute approximate surface area is 167 Å². The molecule has 26 heavy (non-hydrogen) atoms. The second kappa shape index (κ2) is 8.57. The maximum absolute atomic E-state index is 12.7. The topological polar surface area (TPSA) is 68.3 Å². The minimum Gasteiger partial charge on any atom is -0.469 e. The highest BCUT2D eigenvalue weighted by Gasteiger charge is 2.21. The normalized spacial score (nSPS) is 11.8. The van der Waals surface area contributed by atoms with Gasteiger partial charge in [-0.1, -0.05) is 34.1 Å². The van der Waals surface area contributed by atoms with Gasteiger partial charge in [-0.3, -0.25) is 9.59 Å². The number of rotatable bonds is 6. The van der Waals surface area contributed by atoms with Gasteiger partial charge in [-0.15, -0.1) is 22.7 Å². The number of hydrogen-bond donors (Lipinski definition) is 1. The molecular formula is C18H15BrN2O3S2. The fourth-order valence-electron chi connectivity index (χ4n) is 2.35. The molecule has 0 radical (unpaired) electrons. The molecule has 0 bridgehead atoms. The molecule has 0 saturated carbocycles. The molecule has 0 aliphatic carbocycles. The SMILES string of the molecule is COC(=O)CC(NC(=O)c1cnc(-c2cccs2)s1)c1cccc(Br)c1. The number of thiazole rings is 1. The van der Waals surface area contributed by atoms with Crippen molar-refractivity contribution in [3.8, 4) is 9.88 Å². The van der Waals surface area contributed by atoms with Crippen LogP contribution in [-0.4, -0.2) is 24.0 Å². The molecule has 0 aliphatic heterocycles. The van der Waals surface area contributed by atoms with Crippen LogP contribution in [-0.2, 0) is 9.53 Å². The summed E-state index contributed by atoms with van der Waals surface area (Å²) in [6.07, 6.45) is 1.61. The van der Waals surface area contributed by atoms with Crippen molar-refractivity contribution in [2.24, 2.45) is 0 Å². The molecule has 0 saturated heterocycles. The average Bonchev–Trinajstić information content (AvgIpc) is 3.32. The third-order valence-electron chi connectivity index (χ3n) is 3.62. The number of aromatic nitrogens is 1. The van der Waals surface area contributed by atoms with Crippen LogP contribution in [0.2, 0.25) is 0 Å². The van der Waals surface area contributed by atoms with Gasteiger partial charge in [0, 0.05) is 4.47 Å². The maximum atomic E-state index is 12.7. The summed E-state index contributed by atoms with van der Waals surface area (Å²) < 4.78 is 5.63. The molecule has 8 heteroatoms. The van der Waals surface area contributed by atoms with Gasteiger partial charge in [-0.05, 0) is 29.1 Å². The number of esters is 1. The largest absolute Gasteiger partial charge is 0.469 e. The molecule has 5 nitrogen and oxygen atoms in total. The first-order chi connectivity index (χ1) is 12.6. The lowest BCUT2D eigenvalue weighted by Crippen LogP contribution is -2.30. The molecule has 0 aliphatic rings. The predicted molar refractivity (Wildman–Crippen MR) is 106 cm³/mol. The van der Waals surface area contributed by atoms with E-state index in [1.165, 1.54) is 18.4 Å². The third-order valence-corrected chi connectivity index (χ3v) is 6.14. The number of thiophene rings is 1. The molecule has 1 N–H and O–H groups in total. The second-order valence-corrected chi connectivity index (χ2v) is 8.26. The Balaban J connectivity index is 1.79. The number of amides is 1. The van der Waals surface area contributed by atoms with E-state index in [2.05, 4.69) is 26.2 Å². The zero-order chi connectivity index (χ0) is 18.5. The first kappa shape index (κ1) is 18.8. The number of carbonyl (C=O) groups excluding carboxylic acids is 2. The molecule has 3 aromatic rings. The van der Waals surface area contributed by atoms with Crippen molar-refractivity contribution in [3.05, 3.63) is 62.9 Å². The number of nitrogens with zero attached hydrogens (tertiary/aromatic N) is 1. The lowest BCUT2D eigenvalue weighted by atomic mass is 10.0. The lowest BCUT2D eigenvalue weighted by Gasteiger charge is -2.18. The molecule has 1 unspecified atom stereocenters. The first-order valence-corrected chi connectivity index (χ1v) is 10.2. The maximum Gasteiger partial charge on any atom is 0.307 e. The summed E-state index contributed by atoms with van der Waals surface area (Å²) in [6, 6.07) is 10.9. The Bertz CT molecular complexity index is 909. The van der Waals surface area contributed by atoms with E-state index < -0.39 is 6.04 Å². The number of ether oxygens (including phenoxy) is 1. The van der Waals surface area contributed by atoms with Crippen LogP contribution in [0.15, 0.2) is 52.4 Å². The molecule has 2 heterocycles. The molecular weight excluding hydrogens is 436 g/mol. The summed E-state index contributed by atoms with van der Waals surface area (Å²) in [5, 5.41) is 5.69. The Kier molecular flexibility index (Phi) is 6.18. The standard InChI is InChI=1S/C18H15BrN2O3S2/c1-24-16(22)9-13(11-4-2-5-12(19)8-11)21-17(23)15-10-20-18(26-15)14-6-3-7-25-14/h2-8,10,13H,9H2,1H3,(H,21,23). The van der Waals surface area contributed by atoms with Crippen LogP contribution in [0.5, 0.6) is 0 Å². The summed E-state index contributed by atoms with van der Waals surface area (Å²) in [4.78, 5) is 30.3. The smallest absolute Gasteiger partial charge is 0.307 e. The van der Waals surface area contributed by atoms with E-state index in [-0.39, 0.29) is 18.3 Å². The van der Waals surface area contributed by atoms with Gasteiger partial charge in [0.15, 0.2) is 0 Å². The monoisotopic (exact) mass is 450 g/mol. The molecule has 0 fully saturated rings. The van der Waals surface area contributed by atoms with Crippen molar-refractivity contribution in [3.63, 3.8) is 0 Å². The summed E-state index contributed by atoms with van der Waals surface area (Å²) in [5.41, 5.74) is 0.820. The molecule has 1 atom stereocenters. The van der Waals surface area contributed by atoms with Gasteiger partial charge in [-0.25, -0.2) is 4.98 Å². The summed E-state index contributed by atoms with van der Waals surface area (Å²) >= 11 is 6.31. The molecule has 1 amide bonds. The Morgan fingerprint density at radius 3 is 2.85 bits per heavy atom. The van der Waals surface area contributed by atoms with Crippen LogP contribution in [0.1, 0.15) is 27.7 Å². The van der Waals surface area contributed by atoms with E-state index in [1.54, 1.807) is 17.5 Å². The van der Waals surface area contributed by atoms with Crippen molar-refractivity contribution in [1.29, 1.82) is 0 Å². The van der Waals surface area contributed by atoms with Crippen molar-refractivity contribution in [2.75, 3.05) is 7.11 Å². The fourth-order valence-corrected chi connectivity index (χ4v) is 4.39. The van der Waals surface area contributed by atoms with E-state index in [0.29, 0.717) is 4.88 Å². The average molecular weight is 451 g/mol. The first-order valence-electron chi connectivity index (χ1n) is 7.69. The van der Waals surface area contributed by atoms with Crippen molar-refractivity contribution >= 4 is 50.5 Å². The number of methoxy groups -OCH3 is 1. The zero-order valence-corrected chi connectivity index (χ0v) is 17.0. The van der Waals surface area contributed by atoms with Crippen LogP contribution < -0.4 is 5.32 Å². The van der Waals surface area contributed by atoms with Crippen LogP contribution in [0.3, 0.4) is 0 Å². The van der Waals surface area contributed by atoms with E-state index >= 15 is 0 Å². The quantitative estimate of drug-likeness (QED) is 0.554. The molecule has 134 valence electrons. The number of nitrogens with one attached hydrogen (secondary N) is 1.